The summed E-state index contributed by atoms with van der Waals surface area (Å²) >= 11 is 0. The topological polar surface area (TPSA) is 32.3 Å². The number of piperidine rings is 1. The van der Waals surface area contributed by atoms with Crippen molar-refractivity contribution in [2.45, 2.75) is 57.8 Å². The minimum absolute atomic E-state index is 0.434. The summed E-state index contributed by atoms with van der Waals surface area (Å²) in [7, 11) is 0. The van der Waals surface area contributed by atoms with Crippen molar-refractivity contribution in [1.29, 1.82) is 0 Å². The molecule has 1 aliphatic carbocycles. The monoisotopic (exact) mass is 264 g/mol. The fourth-order valence-electron chi connectivity index (χ4n) is 4.29. The predicted octanol–water partition coefficient (Wildman–Crippen LogP) is 2.56. The van der Waals surface area contributed by atoms with Gasteiger partial charge in [0.25, 0.3) is 0 Å². The number of amides is 1. The number of nitrogens with zero attached hydrogens (tertiary/aromatic N) is 1. The lowest BCUT2D eigenvalue weighted by Gasteiger charge is -2.43. The highest BCUT2D eigenvalue weighted by atomic mass is 16.2. The largest absolute Gasteiger partial charge is 0.343 e. The van der Waals surface area contributed by atoms with E-state index in [1.807, 2.05) is 0 Å². The van der Waals surface area contributed by atoms with E-state index < -0.39 is 0 Å². The molecule has 2 heterocycles. The first-order chi connectivity index (χ1) is 9.27. The summed E-state index contributed by atoms with van der Waals surface area (Å²) in [5, 5.41) is 3.48. The Hall–Kier alpha value is -0.570. The molecule has 0 aromatic rings. The molecule has 1 N–H and O–H groups in total. The summed E-state index contributed by atoms with van der Waals surface area (Å²) in [6.07, 6.45) is 11.3. The molecular formula is C16H28N2O. The van der Waals surface area contributed by atoms with Crippen molar-refractivity contribution in [2.24, 2.45) is 11.3 Å². The van der Waals surface area contributed by atoms with E-state index in [4.69, 9.17) is 0 Å². The first-order valence-corrected chi connectivity index (χ1v) is 8.26. The maximum atomic E-state index is 12.2. The van der Waals surface area contributed by atoms with Gasteiger partial charge in [-0.3, -0.25) is 4.79 Å². The Kier molecular flexibility index (Phi) is 4.11. The molecule has 19 heavy (non-hydrogen) atoms. The maximum Gasteiger partial charge on any atom is 0.222 e. The van der Waals surface area contributed by atoms with Crippen molar-refractivity contribution in [1.82, 2.24) is 10.2 Å². The van der Waals surface area contributed by atoms with E-state index in [1.165, 1.54) is 64.5 Å². The summed E-state index contributed by atoms with van der Waals surface area (Å²) in [6, 6.07) is 0. The number of carbonyl (C=O) groups is 1. The van der Waals surface area contributed by atoms with Gasteiger partial charge in [0.2, 0.25) is 5.91 Å². The highest BCUT2D eigenvalue weighted by Crippen LogP contribution is 2.45. The molecule has 0 unspecified atom stereocenters. The second kappa shape index (κ2) is 5.82. The molecule has 0 atom stereocenters. The van der Waals surface area contributed by atoms with Gasteiger partial charge in [0.05, 0.1) is 0 Å². The summed E-state index contributed by atoms with van der Waals surface area (Å²) in [6.45, 7) is 4.44. The van der Waals surface area contributed by atoms with Gasteiger partial charge in [-0.1, -0.05) is 0 Å². The van der Waals surface area contributed by atoms with Crippen LogP contribution in [0.4, 0.5) is 0 Å². The molecule has 3 fully saturated rings. The van der Waals surface area contributed by atoms with Crippen molar-refractivity contribution >= 4 is 5.91 Å². The Bertz CT molecular complexity index is 307. The molecule has 3 heteroatoms. The van der Waals surface area contributed by atoms with Crippen LogP contribution in [0.5, 0.6) is 0 Å². The minimum atomic E-state index is 0.434. The van der Waals surface area contributed by atoms with E-state index >= 15 is 0 Å². The van der Waals surface area contributed by atoms with E-state index in [-0.39, 0.29) is 0 Å². The maximum absolute atomic E-state index is 12.2. The van der Waals surface area contributed by atoms with Crippen LogP contribution in [0.1, 0.15) is 57.8 Å². The zero-order chi connectivity index (χ0) is 13.1. The normalized spacial score (nSPS) is 27.9. The van der Waals surface area contributed by atoms with E-state index in [0.717, 1.165) is 19.5 Å². The average molecular weight is 264 g/mol. The molecule has 0 aromatic carbocycles. The molecule has 0 aromatic heterocycles. The lowest BCUT2D eigenvalue weighted by Crippen LogP contribution is -2.40. The molecule has 0 radical (unpaired) electrons. The molecule has 1 saturated carbocycles. The van der Waals surface area contributed by atoms with Gasteiger partial charge >= 0.3 is 0 Å². The van der Waals surface area contributed by atoms with Crippen LogP contribution in [-0.2, 0) is 4.79 Å². The standard InChI is InChI=1S/C16H28N2O/c19-15(18-11-1-2-12-18)13-14-3-5-16(6-4-14)7-9-17-10-8-16/h14,17H,1-13H2. The zero-order valence-electron chi connectivity index (χ0n) is 12.1. The molecule has 1 spiro atoms. The van der Waals surface area contributed by atoms with Crippen molar-refractivity contribution in [3.05, 3.63) is 0 Å². The Labute approximate surface area is 117 Å². The molecule has 2 saturated heterocycles. The van der Waals surface area contributed by atoms with Gasteiger partial charge in [-0.2, -0.15) is 0 Å². The van der Waals surface area contributed by atoms with Gasteiger partial charge in [-0.05, 0) is 75.8 Å². The third kappa shape index (κ3) is 3.13. The van der Waals surface area contributed by atoms with E-state index in [2.05, 4.69) is 10.2 Å². The molecule has 2 aliphatic heterocycles. The van der Waals surface area contributed by atoms with Gasteiger partial charge < -0.3 is 10.2 Å². The molecule has 3 rings (SSSR count). The van der Waals surface area contributed by atoms with Gasteiger partial charge in [-0.15, -0.1) is 0 Å². The van der Waals surface area contributed by atoms with Crippen LogP contribution in [0.2, 0.25) is 0 Å². The Morgan fingerprint density at radius 1 is 1.05 bits per heavy atom. The van der Waals surface area contributed by atoms with Gasteiger partial charge in [-0.25, -0.2) is 0 Å². The van der Waals surface area contributed by atoms with Crippen molar-refractivity contribution < 1.29 is 4.79 Å². The smallest absolute Gasteiger partial charge is 0.222 e. The fourth-order valence-corrected chi connectivity index (χ4v) is 4.29. The molecular weight excluding hydrogens is 236 g/mol. The molecule has 1 amide bonds. The van der Waals surface area contributed by atoms with Crippen molar-refractivity contribution in [2.75, 3.05) is 26.2 Å². The van der Waals surface area contributed by atoms with Crippen LogP contribution in [0.15, 0.2) is 0 Å². The SMILES string of the molecule is O=C(CC1CCC2(CCNCC2)CC1)N1CCCC1. The first-order valence-electron chi connectivity index (χ1n) is 8.26. The summed E-state index contributed by atoms with van der Waals surface area (Å²) in [4.78, 5) is 14.3. The molecule has 108 valence electrons. The number of rotatable bonds is 2. The lowest BCUT2D eigenvalue weighted by molar-refractivity contribution is -0.131. The van der Waals surface area contributed by atoms with E-state index in [0.29, 0.717) is 17.2 Å². The first kappa shape index (κ1) is 13.4. The predicted molar refractivity (Wildman–Crippen MR) is 76.9 cm³/mol. The Morgan fingerprint density at radius 3 is 2.32 bits per heavy atom. The fraction of sp³-hybridized carbons (Fsp3) is 0.938. The molecule has 3 nitrogen and oxygen atoms in total. The van der Waals surface area contributed by atoms with Crippen molar-refractivity contribution in [3.63, 3.8) is 0 Å². The highest BCUT2D eigenvalue weighted by Gasteiger charge is 2.36. The number of hydrogen-bond acceptors (Lipinski definition) is 2. The lowest BCUT2D eigenvalue weighted by atomic mass is 9.65. The second-order valence-electron chi connectivity index (χ2n) is 6.99. The zero-order valence-corrected chi connectivity index (χ0v) is 12.1. The third-order valence-corrected chi connectivity index (χ3v) is 5.75. The molecule has 0 bridgehead atoms. The van der Waals surface area contributed by atoms with Crippen LogP contribution >= 0.6 is 0 Å². The van der Waals surface area contributed by atoms with Crippen LogP contribution in [0.3, 0.4) is 0 Å². The van der Waals surface area contributed by atoms with E-state index in [1.54, 1.807) is 0 Å². The third-order valence-electron chi connectivity index (χ3n) is 5.75. The number of hydrogen-bond donors (Lipinski definition) is 1. The minimum Gasteiger partial charge on any atom is -0.343 e. The van der Waals surface area contributed by atoms with Crippen LogP contribution in [-0.4, -0.2) is 37.0 Å². The van der Waals surface area contributed by atoms with Crippen LogP contribution < -0.4 is 5.32 Å². The van der Waals surface area contributed by atoms with Crippen molar-refractivity contribution in [3.8, 4) is 0 Å². The number of nitrogens with one attached hydrogen (secondary N) is 1. The summed E-state index contributed by atoms with van der Waals surface area (Å²) in [5.41, 5.74) is 0.637. The van der Waals surface area contributed by atoms with Gasteiger partial charge in [0.1, 0.15) is 0 Å². The number of carbonyl (C=O) groups excluding carboxylic acids is 1. The second-order valence-corrected chi connectivity index (χ2v) is 6.99. The molecule has 3 aliphatic rings. The average Bonchev–Trinajstić information content (AvgIpc) is 2.97. The summed E-state index contributed by atoms with van der Waals surface area (Å²) < 4.78 is 0. The van der Waals surface area contributed by atoms with Gasteiger partial charge in [0, 0.05) is 19.5 Å². The van der Waals surface area contributed by atoms with Gasteiger partial charge in [0.15, 0.2) is 0 Å². The Morgan fingerprint density at radius 2 is 1.68 bits per heavy atom. The quantitative estimate of drug-likeness (QED) is 0.831. The number of likely N-dealkylation sites (tertiary alicyclic amines) is 1. The highest BCUT2D eigenvalue weighted by molar-refractivity contribution is 5.76. The Balaban J connectivity index is 1.46. The van der Waals surface area contributed by atoms with Crippen LogP contribution in [0.25, 0.3) is 0 Å². The van der Waals surface area contributed by atoms with Crippen LogP contribution in [0, 0.1) is 11.3 Å². The summed E-state index contributed by atoms with van der Waals surface area (Å²) in [5.74, 6) is 1.11. The van der Waals surface area contributed by atoms with E-state index in [9.17, 15) is 4.79 Å².